The standard InChI is InChI=1S/C16H19BN4O3/c1-2-18-16(22)20-10-5-9(6-10)12-8-21(23)15-14(12)11-3-4-17-24-13(11)7-19-15/h3-4,7-10,17,23H,2,5-6H2,1H3,(H2,18,20,22). The van der Waals surface area contributed by atoms with E-state index in [2.05, 4.69) is 15.6 Å². The topological polar surface area (TPSA) is 88.4 Å². The molecule has 1 fully saturated rings. The number of urea groups is 1. The molecular weight excluding hydrogens is 307 g/mol. The molecule has 7 nitrogen and oxygen atoms in total. The molecule has 0 spiro atoms. The molecule has 1 aliphatic heterocycles. The minimum absolute atomic E-state index is 0.124. The minimum Gasteiger partial charge on any atom is -0.558 e. The summed E-state index contributed by atoms with van der Waals surface area (Å²) in [4.78, 5) is 15.9. The molecule has 0 saturated heterocycles. The summed E-state index contributed by atoms with van der Waals surface area (Å²) in [6.45, 7) is 2.51. The van der Waals surface area contributed by atoms with Gasteiger partial charge in [0.25, 0.3) is 0 Å². The highest BCUT2D eigenvalue weighted by Crippen LogP contribution is 2.43. The molecule has 0 atom stereocenters. The average molecular weight is 326 g/mol. The van der Waals surface area contributed by atoms with Crippen molar-refractivity contribution in [1.29, 1.82) is 0 Å². The number of amides is 2. The second kappa shape index (κ2) is 5.77. The third-order valence-electron chi connectivity index (χ3n) is 4.70. The van der Waals surface area contributed by atoms with E-state index in [1.54, 1.807) is 12.4 Å². The van der Waals surface area contributed by atoms with E-state index in [4.69, 9.17) is 4.65 Å². The number of pyridine rings is 1. The summed E-state index contributed by atoms with van der Waals surface area (Å²) in [6, 6.07) is 0.0406. The lowest BCUT2D eigenvalue weighted by Crippen LogP contribution is -2.47. The van der Waals surface area contributed by atoms with Crippen LogP contribution in [0, 0.1) is 0 Å². The van der Waals surface area contributed by atoms with Crippen LogP contribution >= 0.6 is 0 Å². The van der Waals surface area contributed by atoms with Crippen molar-refractivity contribution in [2.75, 3.05) is 6.54 Å². The van der Waals surface area contributed by atoms with Crippen molar-refractivity contribution in [2.24, 2.45) is 0 Å². The van der Waals surface area contributed by atoms with Crippen molar-refractivity contribution in [1.82, 2.24) is 20.3 Å². The molecule has 1 saturated carbocycles. The van der Waals surface area contributed by atoms with Gasteiger partial charge in [-0.15, -0.1) is 0 Å². The van der Waals surface area contributed by atoms with E-state index >= 15 is 0 Å². The van der Waals surface area contributed by atoms with Gasteiger partial charge >= 0.3 is 13.5 Å². The fourth-order valence-corrected chi connectivity index (χ4v) is 3.49. The molecule has 24 heavy (non-hydrogen) atoms. The zero-order valence-electron chi connectivity index (χ0n) is 13.5. The summed E-state index contributed by atoms with van der Waals surface area (Å²) in [7, 11) is 0.539. The van der Waals surface area contributed by atoms with E-state index in [0.717, 1.165) is 39.8 Å². The molecule has 8 heteroatoms. The van der Waals surface area contributed by atoms with Crippen LogP contribution in [0.15, 0.2) is 18.4 Å². The highest BCUT2D eigenvalue weighted by Gasteiger charge is 2.34. The van der Waals surface area contributed by atoms with E-state index < -0.39 is 0 Å². The number of carbonyl (C=O) groups is 1. The molecule has 2 amide bonds. The smallest absolute Gasteiger partial charge is 0.366 e. The number of nitrogens with one attached hydrogen (secondary N) is 2. The van der Waals surface area contributed by atoms with Gasteiger partial charge in [-0.3, -0.25) is 0 Å². The largest absolute Gasteiger partial charge is 0.558 e. The number of hydrogen-bond acceptors (Lipinski definition) is 4. The molecule has 0 aromatic carbocycles. The lowest BCUT2D eigenvalue weighted by atomic mass is 9.75. The Bertz CT molecular complexity index is 826. The summed E-state index contributed by atoms with van der Waals surface area (Å²) in [5.41, 5.74) is 2.56. The lowest BCUT2D eigenvalue weighted by molar-refractivity contribution is 0.195. The van der Waals surface area contributed by atoms with Gasteiger partial charge in [0.1, 0.15) is 5.75 Å². The van der Waals surface area contributed by atoms with Gasteiger partial charge in [-0.25, -0.2) is 9.78 Å². The van der Waals surface area contributed by atoms with Crippen LogP contribution in [-0.4, -0.2) is 41.0 Å². The van der Waals surface area contributed by atoms with Crippen LogP contribution in [0.4, 0.5) is 4.79 Å². The third kappa shape index (κ3) is 2.38. The van der Waals surface area contributed by atoms with Crippen LogP contribution in [-0.2, 0) is 0 Å². The second-order valence-corrected chi connectivity index (χ2v) is 6.25. The maximum atomic E-state index is 11.6. The normalized spacial score (nSPS) is 21.4. The van der Waals surface area contributed by atoms with Crippen LogP contribution < -0.4 is 15.3 Å². The third-order valence-corrected chi connectivity index (χ3v) is 4.70. The van der Waals surface area contributed by atoms with Crippen molar-refractivity contribution < 1.29 is 14.7 Å². The molecule has 124 valence electrons. The van der Waals surface area contributed by atoms with Gasteiger partial charge in [-0.2, -0.15) is 4.73 Å². The van der Waals surface area contributed by atoms with Crippen LogP contribution in [0.3, 0.4) is 0 Å². The summed E-state index contributed by atoms with van der Waals surface area (Å²) in [6.07, 6.45) is 7.11. The highest BCUT2D eigenvalue weighted by atomic mass is 16.5. The van der Waals surface area contributed by atoms with Crippen LogP contribution in [0.5, 0.6) is 5.75 Å². The molecule has 2 aromatic rings. The first-order valence-electron chi connectivity index (χ1n) is 8.24. The van der Waals surface area contributed by atoms with E-state index in [-0.39, 0.29) is 18.0 Å². The number of nitrogens with zero attached hydrogens (tertiary/aromatic N) is 2. The number of aromatic nitrogens is 2. The SMILES string of the molecule is CCNC(=O)NC1CC(c2cn(O)c3ncc4c(c23)C=CBO4)C1. The van der Waals surface area contributed by atoms with E-state index in [1.807, 2.05) is 19.0 Å². The first-order chi connectivity index (χ1) is 11.7. The monoisotopic (exact) mass is 326 g/mol. The Hall–Kier alpha value is -2.64. The van der Waals surface area contributed by atoms with E-state index in [9.17, 15) is 10.0 Å². The van der Waals surface area contributed by atoms with Crippen LogP contribution in [0.25, 0.3) is 17.1 Å². The molecule has 2 aliphatic rings. The number of rotatable bonds is 3. The Morgan fingerprint density at radius 2 is 2.38 bits per heavy atom. The molecule has 0 bridgehead atoms. The zero-order valence-corrected chi connectivity index (χ0v) is 13.5. The predicted octanol–water partition coefficient (Wildman–Crippen LogP) is 1.55. The maximum Gasteiger partial charge on any atom is 0.366 e. The van der Waals surface area contributed by atoms with Gasteiger partial charge in [0, 0.05) is 29.7 Å². The molecule has 3 heterocycles. The average Bonchev–Trinajstić information content (AvgIpc) is 2.88. The molecule has 1 aliphatic carbocycles. The van der Waals surface area contributed by atoms with Crippen molar-refractivity contribution >= 4 is 30.6 Å². The first-order valence-corrected chi connectivity index (χ1v) is 8.24. The summed E-state index contributed by atoms with van der Waals surface area (Å²) in [5, 5.41) is 16.8. The van der Waals surface area contributed by atoms with Gasteiger partial charge in [-0.05, 0) is 31.2 Å². The van der Waals surface area contributed by atoms with Crippen molar-refractivity contribution in [3.8, 4) is 5.75 Å². The summed E-state index contributed by atoms with van der Waals surface area (Å²) < 4.78 is 6.70. The predicted molar refractivity (Wildman–Crippen MR) is 91.7 cm³/mol. The van der Waals surface area contributed by atoms with Gasteiger partial charge in [-0.1, -0.05) is 12.1 Å². The van der Waals surface area contributed by atoms with Crippen molar-refractivity contribution in [3.05, 3.63) is 29.5 Å². The fraction of sp³-hybridized carbons (Fsp3) is 0.375. The Labute approximate surface area is 139 Å². The van der Waals surface area contributed by atoms with Gasteiger partial charge in [0.05, 0.1) is 6.20 Å². The summed E-state index contributed by atoms with van der Waals surface area (Å²) >= 11 is 0. The first kappa shape index (κ1) is 14.9. The minimum atomic E-state index is -0.124. The highest BCUT2D eigenvalue weighted by molar-refractivity contribution is 6.38. The van der Waals surface area contributed by atoms with Gasteiger partial charge in [0.2, 0.25) is 0 Å². The molecule has 3 N–H and O–H groups in total. The Kier molecular flexibility index (Phi) is 3.59. The van der Waals surface area contributed by atoms with E-state index in [0.29, 0.717) is 19.7 Å². The quantitative estimate of drug-likeness (QED) is 0.590. The van der Waals surface area contributed by atoms with Crippen LogP contribution in [0.2, 0.25) is 0 Å². The molecule has 0 radical (unpaired) electrons. The Balaban J connectivity index is 1.60. The van der Waals surface area contributed by atoms with Gasteiger partial charge < -0.3 is 20.5 Å². The van der Waals surface area contributed by atoms with Crippen molar-refractivity contribution in [3.63, 3.8) is 0 Å². The molecule has 4 rings (SSSR count). The lowest BCUT2D eigenvalue weighted by Gasteiger charge is -2.35. The number of hydrogen-bond donors (Lipinski definition) is 3. The molecule has 2 aromatic heterocycles. The Morgan fingerprint density at radius 1 is 1.54 bits per heavy atom. The molecular formula is C16H19BN4O3. The number of fused-ring (bicyclic) bond motifs is 3. The van der Waals surface area contributed by atoms with Gasteiger partial charge in [0.15, 0.2) is 5.65 Å². The maximum absolute atomic E-state index is 11.6. The fourth-order valence-electron chi connectivity index (χ4n) is 3.49. The van der Waals surface area contributed by atoms with E-state index in [1.165, 1.54) is 0 Å². The number of carbonyl (C=O) groups excluding carboxylic acids is 1. The second-order valence-electron chi connectivity index (χ2n) is 6.25. The van der Waals surface area contributed by atoms with Crippen molar-refractivity contribution in [2.45, 2.75) is 31.7 Å². The molecule has 0 unspecified atom stereocenters. The summed E-state index contributed by atoms with van der Waals surface area (Å²) in [5.74, 6) is 2.99. The van der Waals surface area contributed by atoms with Crippen LogP contribution in [0.1, 0.15) is 36.8 Å². The Morgan fingerprint density at radius 3 is 3.17 bits per heavy atom. The zero-order chi connectivity index (χ0) is 16.7.